The van der Waals surface area contributed by atoms with E-state index in [1.807, 2.05) is 18.2 Å². The molecular formula is C12H18N2O. The van der Waals surface area contributed by atoms with E-state index >= 15 is 0 Å². The van der Waals surface area contributed by atoms with E-state index < -0.39 is 0 Å². The van der Waals surface area contributed by atoms with Crippen LogP contribution in [0.4, 0.5) is 0 Å². The third-order valence-corrected chi connectivity index (χ3v) is 3.02. The van der Waals surface area contributed by atoms with Gasteiger partial charge in [-0.25, -0.2) is 0 Å². The summed E-state index contributed by atoms with van der Waals surface area (Å²) in [6.07, 6.45) is 2.08. The summed E-state index contributed by atoms with van der Waals surface area (Å²) < 4.78 is 5.77. The van der Waals surface area contributed by atoms with Crippen molar-refractivity contribution in [3.63, 3.8) is 0 Å². The predicted octanol–water partition coefficient (Wildman–Crippen LogP) is 1.02. The van der Waals surface area contributed by atoms with Crippen LogP contribution in [0.5, 0.6) is 0 Å². The average molecular weight is 206 g/mol. The fourth-order valence-corrected chi connectivity index (χ4v) is 1.99. The molecule has 0 heterocycles. The summed E-state index contributed by atoms with van der Waals surface area (Å²) in [5.41, 5.74) is 13.0. The number of nitrogens with two attached hydrogens (primary N) is 2. The highest BCUT2D eigenvalue weighted by molar-refractivity contribution is 5.13. The van der Waals surface area contributed by atoms with Gasteiger partial charge in [0.15, 0.2) is 0 Å². The summed E-state index contributed by atoms with van der Waals surface area (Å²) in [5, 5.41) is 0. The van der Waals surface area contributed by atoms with Crippen molar-refractivity contribution in [2.75, 3.05) is 0 Å². The minimum Gasteiger partial charge on any atom is -0.372 e. The average Bonchev–Trinajstić information content (AvgIpc) is 2.59. The van der Waals surface area contributed by atoms with Crippen molar-refractivity contribution >= 4 is 0 Å². The van der Waals surface area contributed by atoms with Crippen LogP contribution in [0, 0.1) is 0 Å². The van der Waals surface area contributed by atoms with Gasteiger partial charge in [-0.3, -0.25) is 0 Å². The summed E-state index contributed by atoms with van der Waals surface area (Å²) >= 11 is 0. The van der Waals surface area contributed by atoms with Gasteiger partial charge in [0.2, 0.25) is 0 Å². The number of rotatable bonds is 3. The van der Waals surface area contributed by atoms with Crippen LogP contribution in [0.25, 0.3) is 0 Å². The second-order valence-electron chi connectivity index (χ2n) is 4.15. The fourth-order valence-electron chi connectivity index (χ4n) is 1.99. The standard InChI is InChI=1S/C12H18N2O/c13-10-6-7-11(12(10)14)15-8-9-4-2-1-3-5-9/h1-5,10-12H,6-8,13-14H2. The molecule has 4 N–H and O–H groups in total. The summed E-state index contributed by atoms with van der Waals surface area (Å²) in [7, 11) is 0. The van der Waals surface area contributed by atoms with Gasteiger partial charge >= 0.3 is 0 Å². The van der Waals surface area contributed by atoms with Gasteiger partial charge in [0.05, 0.1) is 12.7 Å². The molecule has 1 aliphatic rings. The lowest BCUT2D eigenvalue weighted by Crippen LogP contribution is -2.43. The summed E-state index contributed by atoms with van der Waals surface area (Å²) in [6.45, 7) is 0.631. The second kappa shape index (κ2) is 4.75. The van der Waals surface area contributed by atoms with Crippen LogP contribution in [0.3, 0.4) is 0 Å². The van der Waals surface area contributed by atoms with Gasteiger partial charge in [0.25, 0.3) is 0 Å². The highest BCUT2D eigenvalue weighted by Gasteiger charge is 2.31. The van der Waals surface area contributed by atoms with E-state index in [-0.39, 0.29) is 18.2 Å². The number of hydrogen-bond donors (Lipinski definition) is 2. The van der Waals surface area contributed by atoms with Gasteiger partial charge in [0, 0.05) is 12.1 Å². The van der Waals surface area contributed by atoms with Crippen molar-refractivity contribution < 1.29 is 4.74 Å². The molecule has 0 aromatic heterocycles. The zero-order valence-corrected chi connectivity index (χ0v) is 8.80. The van der Waals surface area contributed by atoms with Gasteiger partial charge in [-0.2, -0.15) is 0 Å². The first-order valence-electron chi connectivity index (χ1n) is 5.44. The summed E-state index contributed by atoms with van der Waals surface area (Å²) in [6, 6.07) is 10.2. The Labute approximate surface area is 90.4 Å². The van der Waals surface area contributed by atoms with Crippen molar-refractivity contribution in [2.45, 2.75) is 37.6 Å². The Morgan fingerprint density at radius 3 is 2.47 bits per heavy atom. The van der Waals surface area contributed by atoms with Crippen LogP contribution >= 0.6 is 0 Å². The third-order valence-electron chi connectivity index (χ3n) is 3.02. The lowest BCUT2D eigenvalue weighted by molar-refractivity contribution is 0.0345. The van der Waals surface area contributed by atoms with Crippen molar-refractivity contribution in [3.05, 3.63) is 35.9 Å². The normalized spacial score (nSPS) is 30.7. The number of ether oxygens (including phenoxy) is 1. The minimum absolute atomic E-state index is 0.00582. The SMILES string of the molecule is NC1CCC(OCc2ccccc2)C1N. The molecule has 82 valence electrons. The molecule has 0 amide bonds. The molecule has 1 aliphatic carbocycles. The Balaban J connectivity index is 1.84. The Morgan fingerprint density at radius 1 is 1.13 bits per heavy atom. The predicted molar refractivity (Wildman–Crippen MR) is 60.2 cm³/mol. The molecule has 3 unspecified atom stereocenters. The zero-order valence-electron chi connectivity index (χ0n) is 8.80. The van der Waals surface area contributed by atoms with Gasteiger partial charge in [-0.15, -0.1) is 0 Å². The smallest absolute Gasteiger partial charge is 0.0746 e. The van der Waals surface area contributed by atoms with Gasteiger partial charge in [-0.05, 0) is 18.4 Å². The fraction of sp³-hybridized carbons (Fsp3) is 0.500. The molecule has 0 radical (unpaired) electrons. The molecule has 15 heavy (non-hydrogen) atoms. The molecule has 1 aromatic carbocycles. The molecule has 2 rings (SSSR count). The third kappa shape index (κ3) is 2.56. The van der Waals surface area contributed by atoms with E-state index in [4.69, 9.17) is 16.2 Å². The molecule has 3 atom stereocenters. The quantitative estimate of drug-likeness (QED) is 0.776. The first-order chi connectivity index (χ1) is 7.27. The molecule has 1 saturated carbocycles. The Hall–Kier alpha value is -0.900. The van der Waals surface area contributed by atoms with E-state index in [1.165, 1.54) is 5.56 Å². The van der Waals surface area contributed by atoms with Crippen LogP contribution in [0.1, 0.15) is 18.4 Å². The van der Waals surface area contributed by atoms with Crippen LogP contribution in [0.2, 0.25) is 0 Å². The maximum absolute atomic E-state index is 5.94. The minimum atomic E-state index is -0.00582. The molecule has 0 bridgehead atoms. The highest BCUT2D eigenvalue weighted by atomic mass is 16.5. The van der Waals surface area contributed by atoms with E-state index in [1.54, 1.807) is 0 Å². The molecule has 3 heteroatoms. The van der Waals surface area contributed by atoms with Crippen molar-refractivity contribution in [2.24, 2.45) is 11.5 Å². The Kier molecular flexibility index (Phi) is 3.36. The van der Waals surface area contributed by atoms with Crippen LogP contribution in [0.15, 0.2) is 30.3 Å². The Morgan fingerprint density at radius 2 is 1.87 bits per heavy atom. The number of benzene rings is 1. The highest BCUT2D eigenvalue weighted by Crippen LogP contribution is 2.20. The summed E-state index contributed by atoms with van der Waals surface area (Å²) in [4.78, 5) is 0. The van der Waals surface area contributed by atoms with Crippen LogP contribution in [-0.2, 0) is 11.3 Å². The molecule has 0 aliphatic heterocycles. The molecule has 0 saturated heterocycles. The van der Waals surface area contributed by atoms with Gasteiger partial charge in [-0.1, -0.05) is 30.3 Å². The van der Waals surface area contributed by atoms with Gasteiger partial charge < -0.3 is 16.2 Å². The molecular weight excluding hydrogens is 188 g/mol. The van der Waals surface area contributed by atoms with E-state index in [0.29, 0.717) is 6.61 Å². The molecule has 1 aromatic rings. The van der Waals surface area contributed by atoms with Crippen molar-refractivity contribution in [3.8, 4) is 0 Å². The Bertz CT molecular complexity index is 302. The lowest BCUT2D eigenvalue weighted by Gasteiger charge is -2.18. The number of hydrogen-bond acceptors (Lipinski definition) is 3. The molecule has 1 fully saturated rings. The maximum atomic E-state index is 5.94. The van der Waals surface area contributed by atoms with E-state index in [2.05, 4.69) is 12.1 Å². The van der Waals surface area contributed by atoms with E-state index in [0.717, 1.165) is 12.8 Å². The second-order valence-corrected chi connectivity index (χ2v) is 4.15. The van der Waals surface area contributed by atoms with Crippen LogP contribution < -0.4 is 11.5 Å². The van der Waals surface area contributed by atoms with Crippen molar-refractivity contribution in [1.29, 1.82) is 0 Å². The van der Waals surface area contributed by atoms with Crippen molar-refractivity contribution in [1.82, 2.24) is 0 Å². The molecule has 3 nitrogen and oxygen atoms in total. The zero-order chi connectivity index (χ0) is 10.7. The lowest BCUT2D eigenvalue weighted by atomic mass is 10.2. The topological polar surface area (TPSA) is 61.3 Å². The van der Waals surface area contributed by atoms with Gasteiger partial charge in [0.1, 0.15) is 0 Å². The summed E-state index contributed by atoms with van der Waals surface area (Å²) in [5.74, 6) is 0. The van der Waals surface area contributed by atoms with E-state index in [9.17, 15) is 0 Å². The monoisotopic (exact) mass is 206 g/mol. The largest absolute Gasteiger partial charge is 0.372 e. The van der Waals surface area contributed by atoms with Crippen LogP contribution in [-0.4, -0.2) is 18.2 Å². The first-order valence-corrected chi connectivity index (χ1v) is 5.44. The molecule has 0 spiro atoms. The first kappa shape index (κ1) is 10.6. The maximum Gasteiger partial charge on any atom is 0.0746 e.